The molecule has 0 aliphatic rings. The van der Waals surface area contributed by atoms with Crippen molar-refractivity contribution in [2.75, 3.05) is 20.8 Å². The van der Waals surface area contributed by atoms with Gasteiger partial charge in [-0.1, -0.05) is 6.07 Å². The fourth-order valence-corrected chi connectivity index (χ4v) is 2.86. The molecule has 1 N–H and O–H groups in total. The molecule has 0 aliphatic heterocycles. The zero-order valence-corrected chi connectivity index (χ0v) is 18.5. The van der Waals surface area contributed by atoms with Crippen LogP contribution in [0.1, 0.15) is 33.2 Å². The molecular formula is C25H24N2O6. The van der Waals surface area contributed by atoms with Crippen molar-refractivity contribution in [1.29, 1.82) is 0 Å². The van der Waals surface area contributed by atoms with E-state index in [9.17, 15) is 9.59 Å². The van der Waals surface area contributed by atoms with Crippen LogP contribution >= 0.6 is 0 Å². The van der Waals surface area contributed by atoms with Gasteiger partial charge in [0.15, 0.2) is 11.5 Å². The molecule has 33 heavy (non-hydrogen) atoms. The maximum Gasteiger partial charge on any atom is 0.343 e. The standard InChI is InChI=1S/C25H24N2O6/c1-4-32-20-11-9-18(10-12-20)25(29)33-22-13-8-17(14-23(22)31-3)16-26-27-24(28)19-6-5-7-21(15-19)30-2/h5-16H,4H2,1-3H3,(H,27,28). The molecule has 0 heterocycles. The Morgan fingerprint density at radius 3 is 2.36 bits per heavy atom. The van der Waals surface area contributed by atoms with Crippen molar-refractivity contribution >= 4 is 18.1 Å². The number of methoxy groups -OCH3 is 2. The summed E-state index contributed by atoms with van der Waals surface area (Å²) in [6, 6.07) is 18.3. The van der Waals surface area contributed by atoms with Crippen LogP contribution in [0.15, 0.2) is 71.8 Å². The van der Waals surface area contributed by atoms with Crippen LogP contribution in [0.25, 0.3) is 0 Å². The lowest BCUT2D eigenvalue weighted by Gasteiger charge is -2.10. The molecule has 0 spiro atoms. The van der Waals surface area contributed by atoms with Gasteiger partial charge >= 0.3 is 5.97 Å². The van der Waals surface area contributed by atoms with E-state index in [0.29, 0.717) is 40.5 Å². The third-order valence-corrected chi connectivity index (χ3v) is 4.50. The van der Waals surface area contributed by atoms with E-state index in [2.05, 4.69) is 10.5 Å². The number of nitrogens with one attached hydrogen (secondary N) is 1. The van der Waals surface area contributed by atoms with Gasteiger partial charge in [-0.3, -0.25) is 4.79 Å². The van der Waals surface area contributed by atoms with Gasteiger partial charge in [0.05, 0.1) is 32.6 Å². The van der Waals surface area contributed by atoms with Gasteiger partial charge in [0.2, 0.25) is 0 Å². The molecule has 3 rings (SSSR count). The van der Waals surface area contributed by atoms with Gasteiger partial charge in [-0.15, -0.1) is 0 Å². The highest BCUT2D eigenvalue weighted by Gasteiger charge is 2.13. The monoisotopic (exact) mass is 448 g/mol. The zero-order valence-electron chi connectivity index (χ0n) is 18.5. The Balaban J connectivity index is 1.65. The van der Waals surface area contributed by atoms with Crippen LogP contribution in [0.5, 0.6) is 23.0 Å². The average Bonchev–Trinajstić information content (AvgIpc) is 2.85. The first-order valence-electron chi connectivity index (χ1n) is 10.1. The Hall–Kier alpha value is -4.33. The van der Waals surface area contributed by atoms with Crippen molar-refractivity contribution in [3.63, 3.8) is 0 Å². The third kappa shape index (κ3) is 6.33. The summed E-state index contributed by atoms with van der Waals surface area (Å²) in [6.07, 6.45) is 1.46. The van der Waals surface area contributed by atoms with Crippen LogP contribution < -0.4 is 24.4 Å². The van der Waals surface area contributed by atoms with E-state index < -0.39 is 5.97 Å². The summed E-state index contributed by atoms with van der Waals surface area (Å²) in [7, 11) is 3.00. The van der Waals surface area contributed by atoms with Crippen LogP contribution in [0, 0.1) is 0 Å². The van der Waals surface area contributed by atoms with Gasteiger partial charge in [0.25, 0.3) is 5.91 Å². The molecule has 1 amide bonds. The van der Waals surface area contributed by atoms with Crippen LogP contribution in [-0.2, 0) is 0 Å². The van der Waals surface area contributed by atoms with Gasteiger partial charge in [-0.25, -0.2) is 10.2 Å². The first-order valence-corrected chi connectivity index (χ1v) is 10.1. The number of rotatable bonds is 9. The quantitative estimate of drug-likeness (QED) is 0.229. The molecule has 0 aliphatic carbocycles. The zero-order chi connectivity index (χ0) is 23.6. The lowest BCUT2D eigenvalue weighted by molar-refractivity contribution is 0.0729. The van der Waals surface area contributed by atoms with Crippen LogP contribution in [0.2, 0.25) is 0 Å². The van der Waals surface area contributed by atoms with Crippen LogP contribution in [0.3, 0.4) is 0 Å². The average molecular weight is 448 g/mol. The van der Waals surface area contributed by atoms with E-state index >= 15 is 0 Å². The van der Waals surface area contributed by atoms with E-state index in [1.54, 1.807) is 66.7 Å². The molecule has 0 saturated carbocycles. The molecule has 3 aromatic carbocycles. The molecule has 3 aromatic rings. The van der Waals surface area contributed by atoms with E-state index in [4.69, 9.17) is 18.9 Å². The third-order valence-electron chi connectivity index (χ3n) is 4.50. The molecule has 0 fully saturated rings. The molecule has 8 nitrogen and oxygen atoms in total. The number of carbonyl (C=O) groups excluding carboxylic acids is 2. The predicted octanol–water partition coefficient (Wildman–Crippen LogP) is 4.09. The topological polar surface area (TPSA) is 95.5 Å². The largest absolute Gasteiger partial charge is 0.497 e. The first kappa shape index (κ1) is 23.3. The Kier molecular flexibility index (Phi) is 8.02. The summed E-state index contributed by atoms with van der Waals surface area (Å²) in [6.45, 7) is 2.43. The molecule has 8 heteroatoms. The summed E-state index contributed by atoms with van der Waals surface area (Å²) in [5.41, 5.74) is 3.89. The van der Waals surface area contributed by atoms with Crippen LogP contribution in [0.4, 0.5) is 0 Å². The fourth-order valence-electron chi connectivity index (χ4n) is 2.86. The van der Waals surface area contributed by atoms with Gasteiger partial charge < -0.3 is 18.9 Å². The van der Waals surface area contributed by atoms with E-state index in [-0.39, 0.29) is 11.7 Å². The molecule has 0 aromatic heterocycles. The molecular weight excluding hydrogens is 424 g/mol. The van der Waals surface area contributed by atoms with E-state index in [0.717, 1.165) is 0 Å². The number of carbonyl (C=O) groups is 2. The molecule has 0 saturated heterocycles. The Morgan fingerprint density at radius 2 is 1.67 bits per heavy atom. The predicted molar refractivity (Wildman–Crippen MR) is 124 cm³/mol. The molecule has 0 bridgehead atoms. The summed E-state index contributed by atoms with van der Waals surface area (Å²) in [4.78, 5) is 24.7. The normalized spacial score (nSPS) is 10.5. The number of amides is 1. The highest BCUT2D eigenvalue weighted by atomic mass is 16.6. The summed E-state index contributed by atoms with van der Waals surface area (Å²) >= 11 is 0. The van der Waals surface area contributed by atoms with Crippen molar-refractivity contribution in [3.8, 4) is 23.0 Å². The Labute approximate surface area is 191 Å². The van der Waals surface area contributed by atoms with Crippen molar-refractivity contribution < 1.29 is 28.5 Å². The number of benzene rings is 3. The Bertz CT molecular complexity index is 1140. The van der Waals surface area contributed by atoms with Gasteiger partial charge in [0.1, 0.15) is 11.5 Å². The SMILES string of the molecule is CCOc1ccc(C(=O)Oc2ccc(C=NNC(=O)c3cccc(OC)c3)cc2OC)cc1. The van der Waals surface area contributed by atoms with Gasteiger partial charge in [0, 0.05) is 5.56 Å². The molecule has 170 valence electrons. The number of hydrazone groups is 1. The molecule has 0 unspecified atom stereocenters. The van der Waals surface area contributed by atoms with Gasteiger partial charge in [-0.2, -0.15) is 5.10 Å². The van der Waals surface area contributed by atoms with Crippen molar-refractivity contribution in [2.45, 2.75) is 6.92 Å². The second kappa shape index (κ2) is 11.3. The summed E-state index contributed by atoms with van der Waals surface area (Å²) in [5.74, 6) is 0.952. The summed E-state index contributed by atoms with van der Waals surface area (Å²) in [5, 5.41) is 3.97. The van der Waals surface area contributed by atoms with Crippen LogP contribution in [-0.4, -0.2) is 38.9 Å². The number of hydrogen-bond acceptors (Lipinski definition) is 7. The molecule has 0 atom stereocenters. The maximum atomic E-state index is 12.5. The number of hydrogen-bond donors (Lipinski definition) is 1. The molecule has 0 radical (unpaired) electrons. The van der Waals surface area contributed by atoms with Crippen molar-refractivity contribution in [3.05, 3.63) is 83.4 Å². The second-order valence-corrected chi connectivity index (χ2v) is 6.69. The number of esters is 1. The number of ether oxygens (including phenoxy) is 4. The van der Waals surface area contributed by atoms with Crippen molar-refractivity contribution in [1.82, 2.24) is 5.43 Å². The smallest absolute Gasteiger partial charge is 0.343 e. The maximum absolute atomic E-state index is 12.5. The summed E-state index contributed by atoms with van der Waals surface area (Å²) < 4.78 is 21.3. The minimum atomic E-state index is -0.525. The fraction of sp³-hybridized carbons (Fsp3) is 0.160. The highest BCUT2D eigenvalue weighted by molar-refractivity contribution is 5.95. The number of nitrogens with zero attached hydrogens (tertiary/aromatic N) is 1. The lowest BCUT2D eigenvalue weighted by Crippen LogP contribution is -2.17. The van der Waals surface area contributed by atoms with E-state index in [1.165, 1.54) is 20.4 Å². The van der Waals surface area contributed by atoms with Gasteiger partial charge in [-0.05, 0) is 73.2 Å². The minimum absolute atomic E-state index is 0.258. The van der Waals surface area contributed by atoms with Crippen molar-refractivity contribution in [2.24, 2.45) is 5.10 Å². The Morgan fingerprint density at radius 1 is 0.879 bits per heavy atom. The van der Waals surface area contributed by atoms with E-state index in [1.807, 2.05) is 6.92 Å². The second-order valence-electron chi connectivity index (χ2n) is 6.69. The lowest BCUT2D eigenvalue weighted by atomic mass is 10.2. The first-order chi connectivity index (χ1) is 16.0. The highest BCUT2D eigenvalue weighted by Crippen LogP contribution is 2.28. The minimum Gasteiger partial charge on any atom is -0.497 e.